The summed E-state index contributed by atoms with van der Waals surface area (Å²) >= 11 is 0. The van der Waals surface area contributed by atoms with Gasteiger partial charge in [-0.2, -0.15) is 0 Å². The Morgan fingerprint density at radius 1 is 1.32 bits per heavy atom. The smallest absolute Gasteiger partial charge is 0.239 e. The maximum atomic E-state index is 13.2. The minimum absolute atomic E-state index is 0.0816. The van der Waals surface area contributed by atoms with E-state index in [4.69, 9.17) is 0 Å². The van der Waals surface area contributed by atoms with E-state index in [2.05, 4.69) is 10.6 Å². The lowest BCUT2D eigenvalue weighted by atomic mass is 10.1. The van der Waals surface area contributed by atoms with Gasteiger partial charge in [-0.25, -0.2) is 4.39 Å². The lowest BCUT2D eigenvalue weighted by Crippen LogP contribution is -2.47. The summed E-state index contributed by atoms with van der Waals surface area (Å²) in [5, 5.41) is 5.95. The van der Waals surface area contributed by atoms with Gasteiger partial charge in [-0.05, 0) is 43.5 Å². The van der Waals surface area contributed by atoms with Crippen molar-refractivity contribution in [2.75, 3.05) is 25.0 Å². The van der Waals surface area contributed by atoms with E-state index in [0.29, 0.717) is 18.7 Å². The number of likely N-dealkylation sites (tertiary alicyclic amines) is 1. The molecule has 1 aromatic rings. The van der Waals surface area contributed by atoms with E-state index in [1.54, 1.807) is 30.9 Å². The van der Waals surface area contributed by atoms with Crippen LogP contribution < -0.4 is 10.6 Å². The summed E-state index contributed by atoms with van der Waals surface area (Å²) in [4.78, 5) is 25.0. The highest BCUT2D eigenvalue weighted by molar-refractivity contribution is 5.81. The maximum absolute atomic E-state index is 13.2. The Morgan fingerprint density at radius 3 is 2.59 bits per heavy atom. The van der Waals surface area contributed by atoms with Crippen LogP contribution in [0.25, 0.3) is 0 Å². The average molecular weight is 307 g/mol. The predicted molar refractivity (Wildman–Crippen MR) is 83.0 cm³/mol. The molecule has 1 aliphatic rings. The van der Waals surface area contributed by atoms with Gasteiger partial charge in [0.25, 0.3) is 0 Å². The molecule has 2 rings (SSSR count). The minimum Gasteiger partial charge on any atom is -0.376 e. The average Bonchev–Trinajstić information content (AvgIpc) is 2.49. The number of anilines is 1. The summed E-state index contributed by atoms with van der Waals surface area (Å²) in [6.07, 6.45) is 1.56. The molecule has 22 heavy (non-hydrogen) atoms. The molecule has 0 aliphatic carbocycles. The van der Waals surface area contributed by atoms with Crippen molar-refractivity contribution in [1.29, 1.82) is 0 Å². The van der Waals surface area contributed by atoms with Crippen LogP contribution in [0.4, 0.5) is 10.1 Å². The zero-order chi connectivity index (χ0) is 16.1. The first kappa shape index (κ1) is 16.3. The quantitative estimate of drug-likeness (QED) is 0.889. The minimum atomic E-state index is -0.257. The van der Waals surface area contributed by atoms with Gasteiger partial charge in [0, 0.05) is 31.7 Å². The van der Waals surface area contributed by atoms with Crippen molar-refractivity contribution < 1.29 is 14.0 Å². The number of benzene rings is 1. The van der Waals surface area contributed by atoms with Crippen LogP contribution >= 0.6 is 0 Å². The molecule has 1 aliphatic heterocycles. The fourth-order valence-corrected chi connectivity index (χ4v) is 2.55. The third-order valence-corrected chi connectivity index (χ3v) is 3.92. The van der Waals surface area contributed by atoms with Gasteiger partial charge in [0.05, 0.1) is 6.54 Å². The molecule has 2 N–H and O–H groups in total. The number of nitrogens with zero attached hydrogens (tertiary/aromatic N) is 1. The number of amides is 2. The number of nitrogens with one attached hydrogen (secondary N) is 2. The largest absolute Gasteiger partial charge is 0.376 e. The predicted octanol–water partition coefficient (Wildman–Crippen LogP) is 1.67. The van der Waals surface area contributed by atoms with E-state index < -0.39 is 0 Å². The van der Waals surface area contributed by atoms with Crippen molar-refractivity contribution in [3.8, 4) is 0 Å². The Kier molecular flexibility index (Phi) is 5.35. The van der Waals surface area contributed by atoms with Crippen molar-refractivity contribution in [3.63, 3.8) is 0 Å². The van der Waals surface area contributed by atoms with Gasteiger partial charge in [-0.3, -0.25) is 9.59 Å². The number of rotatable bonds is 4. The second-order valence-corrected chi connectivity index (χ2v) is 5.67. The molecule has 1 heterocycles. The molecular formula is C16H22FN3O2. The van der Waals surface area contributed by atoms with E-state index in [1.165, 1.54) is 6.07 Å². The molecule has 1 saturated heterocycles. The highest BCUT2D eigenvalue weighted by Gasteiger charge is 2.21. The van der Waals surface area contributed by atoms with Crippen LogP contribution in [-0.4, -0.2) is 42.4 Å². The highest BCUT2D eigenvalue weighted by Crippen LogP contribution is 2.13. The van der Waals surface area contributed by atoms with Gasteiger partial charge in [0.15, 0.2) is 0 Å². The normalized spacial score (nSPS) is 15.5. The number of carbonyl (C=O) groups excluding carboxylic acids is 2. The molecule has 1 aromatic carbocycles. The van der Waals surface area contributed by atoms with E-state index in [-0.39, 0.29) is 30.2 Å². The zero-order valence-electron chi connectivity index (χ0n) is 13.0. The maximum Gasteiger partial charge on any atom is 0.239 e. The first-order valence-corrected chi connectivity index (χ1v) is 7.50. The van der Waals surface area contributed by atoms with Crippen molar-refractivity contribution in [2.45, 2.75) is 32.7 Å². The molecule has 120 valence electrons. The number of hydrogen-bond donors (Lipinski definition) is 2. The van der Waals surface area contributed by atoms with E-state index in [0.717, 1.165) is 18.5 Å². The topological polar surface area (TPSA) is 61.4 Å². The molecular weight excluding hydrogens is 285 g/mol. The molecule has 0 unspecified atom stereocenters. The highest BCUT2D eigenvalue weighted by atomic mass is 19.1. The lowest BCUT2D eigenvalue weighted by molar-refractivity contribution is -0.130. The fourth-order valence-electron chi connectivity index (χ4n) is 2.55. The molecule has 0 bridgehead atoms. The number of halogens is 1. The van der Waals surface area contributed by atoms with Crippen LogP contribution in [0.2, 0.25) is 0 Å². The zero-order valence-corrected chi connectivity index (χ0v) is 13.0. The van der Waals surface area contributed by atoms with Crippen LogP contribution in [0.15, 0.2) is 18.2 Å². The fraction of sp³-hybridized carbons (Fsp3) is 0.500. The van der Waals surface area contributed by atoms with Gasteiger partial charge in [0.1, 0.15) is 5.82 Å². The Balaban J connectivity index is 1.74. The second-order valence-electron chi connectivity index (χ2n) is 5.67. The molecule has 0 saturated carbocycles. The number of carbonyl (C=O) groups is 2. The third-order valence-electron chi connectivity index (χ3n) is 3.92. The lowest BCUT2D eigenvalue weighted by Gasteiger charge is -2.31. The molecule has 0 radical (unpaired) electrons. The summed E-state index contributed by atoms with van der Waals surface area (Å²) in [6.45, 7) is 4.77. The van der Waals surface area contributed by atoms with E-state index in [9.17, 15) is 14.0 Å². The first-order valence-electron chi connectivity index (χ1n) is 7.50. The molecule has 2 amide bonds. The van der Waals surface area contributed by atoms with Crippen LogP contribution in [0.5, 0.6) is 0 Å². The summed E-state index contributed by atoms with van der Waals surface area (Å²) in [6, 6.07) is 4.78. The van der Waals surface area contributed by atoms with Crippen molar-refractivity contribution >= 4 is 17.5 Å². The van der Waals surface area contributed by atoms with Crippen LogP contribution in [0.3, 0.4) is 0 Å². The molecule has 5 nitrogen and oxygen atoms in total. The van der Waals surface area contributed by atoms with Crippen molar-refractivity contribution in [2.24, 2.45) is 0 Å². The molecule has 0 spiro atoms. The summed E-state index contributed by atoms with van der Waals surface area (Å²) in [7, 11) is 0. The summed E-state index contributed by atoms with van der Waals surface area (Å²) in [5.41, 5.74) is 1.27. The number of aryl methyl sites for hydroxylation is 1. The van der Waals surface area contributed by atoms with Gasteiger partial charge in [-0.15, -0.1) is 0 Å². The molecule has 0 atom stereocenters. The Bertz CT molecular complexity index is 554. The number of hydrogen-bond acceptors (Lipinski definition) is 3. The van der Waals surface area contributed by atoms with E-state index >= 15 is 0 Å². The van der Waals surface area contributed by atoms with Gasteiger partial charge >= 0.3 is 0 Å². The van der Waals surface area contributed by atoms with Gasteiger partial charge in [0.2, 0.25) is 11.8 Å². The van der Waals surface area contributed by atoms with Crippen LogP contribution in [0, 0.1) is 12.7 Å². The van der Waals surface area contributed by atoms with Crippen LogP contribution in [0.1, 0.15) is 25.3 Å². The van der Waals surface area contributed by atoms with Gasteiger partial charge < -0.3 is 15.5 Å². The monoisotopic (exact) mass is 307 g/mol. The van der Waals surface area contributed by atoms with Gasteiger partial charge in [-0.1, -0.05) is 0 Å². The van der Waals surface area contributed by atoms with Crippen molar-refractivity contribution in [1.82, 2.24) is 10.2 Å². The summed E-state index contributed by atoms with van der Waals surface area (Å²) < 4.78 is 13.2. The first-order chi connectivity index (χ1) is 10.5. The summed E-state index contributed by atoms with van der Waals surface area (Å²) in [5.74, 6) is -0.270. The molecule has 6 heteroatoms. The second kappa shape index (κ2) is 7.24. The Morgan fingerprint density at radius 2 is 2.00 bits per heavy atom. The van der Waals surface area contributed by atoms with Crippen molar-refractivity contribution in [3.05, 3.63) is 29.6 Å². The Labute approximate surface area is 129 Å². The third kappa shape index (κ3) is 4.44. The van der Waals surface area contributed by atoms with Crippen LogP contribution in [-0.2, 0) is 9.59 Å². The van der Waals surface area contributed by atoms with E-state index in [1.807, 2.05) is 0 Å². The SMILES string of the molecule is CC(=O)N1CCC(NC(=O)CNc2ccc(F)c(C)c2)CC1. The molecule has 1 fully saturated rings. The molecule has 0 aromatic heterocycles. The number of piperidine rings is 1. The Hall–Kier alpha value is -2.11. The standard InChI is InChI=1S/C16H22FN3O2/c1-11-9-14(3-4-15(11)17)18-10-16(22)19-13-5-7-20(8-6-13)12(2)21/h3-4,9,13,18H,5-8,10H2,1-2H3,(H,19,22).